The Kier molecular flexibility index (Phi) is 7.75. The monoisotopic (exact) mass is 500 g/mol. The highest BCUT2D eigenvalue weighted by Gasteiger charge is 2.31. The van der Waals surface area contributed by atoms with Crippen molar-refractivity contribution in [2.75, 3.05) is 18.4 Å². The van der Waals surface area contributed by atoms with E-state index in [0.717, 1.165) is 15.5 Å². The number of hydrogen-bond donors (Lipinski definition) is 1. The minimum absolute atomic E-state index is 0.0667. The van der Waals surface area contributed by atoms with Crippen molar-refractivity contribution in [2.45, 2.75) is 28.4 Å². The summed E-state index contributed by atoms with van der Waals surface area (Å²) in [6.07, 6.45) is 0.989. The molecule has 0 aliphatic carbocycles. The molecule has 1 aliphatic rings. The van der Waals surface area contributed by atoms with Crippen LogP contribution in [0.2, 0.25) is 5.02 Å². The maximum Gasteiger partial charge on any atom is 0.227 e. The molecule has 0 bridgehead atoms. The molecule has 33 heavy (non-hydrogen) atoms. The molecule has 8 heteroatoms. The summed E-state index contributed by atoms with van der Waals surface area (Å²) in [5, 5.41) is 3.58. The number of halogens is 1. The number of sulfonamides is 1. The molecule has 0 atom stereocenters. The maximum atomic E-state index is 13.0. The highest BCUT2D eigenvalue weighted by molar-refractivity contribution is 7.99. The second-order valence-corrected chi connectivity index (χ2v) is 11.5. The first kappa shape index (κ1) is 23.8. The zero-order chi connectivity index (χ0) is 23.3. The van der Waals surface area contributed by atoms with Crippen LogP contribution in [0.15, 0.2) is 88.7 Å². The van der Waals surface area contributed by atoms with Crippen LogP contribution in [0.25, 0.3) is 0 Å². The molecule has 1 N–H and O–H groups in total. The van der Waals surface area contributed by atoms with Crippen molar-refractivity contribution in [1.29, 1.82) is 0 Å². The van der Waals surface area contributed by atoms with E-state index in [2.05, 4.69) is 5.32 Å². The Morgan fingerprint density at radius 1 is 0.970 bits per heavy atom. The van der Waals surface area contributed by atoms with Gasteiger partial charge in [0.25, 0.3) is 0 Å². The molecule has 172 valence electrons. The van der Waals surface area contributed by atoms with Crippen molar-refractivity contribution in [3.8, 4) is 0 Å². The van der Waals surface area contributed by atoms with Crippen LogP contribution >= 0.6 is 23.4 Å². The predicted molar refractivity (Wildman–Crippen MR) is 134 cm³/mol. The van der Waals surface area contributed by atoms with Crippen LogP contribution in [-0.2, 0) is 20.6 Å². The summed E-state index contributed by atoms with van der Waals surface area (Å²) in [6.45, 7) is 0.669. The van der Waals surface area contributed by atoms with Crippen LogP contribution in [0.5, 0.6) is 0 Å². The molecule has 1 amide bonds. The lowest BCUT2D eigenvalue weighted by atomic mass is 9.97. The lowest BCUT2D eigenvalue weighted by Gasteiger charge is -2.30. The van der Waals surface area contributed by atoms with Crippen LogP contribution in [0.3, 0.4) is 0 Å². The molecule has 4 rings (SSSR count). The number of piperidine rings is 1. The first-order valence-electron chi connectivity index (χ1n) is 10.8. The van der Waals surface area contributed by atoms with Crippen LogP contribution in [0.4, 0.5) is 5.69 Å². The average molecular weight is 501 g/mol. The van der Waals surface area contributed by atoms with Crippen LogP contribution in [0, 0.1) is 5.92 Å². The Bertz CT molecular complexity index is 1210. The summed E-state index contributed by atoms with van der Waals surface area (Å²) in [5.74, 6) is -0.380. The number of rotatable bonds is 7. The number of carbonyl (C=O) groups excluding carboxylic acids is 1. The second kappa shape index (κ2) is 10.7. The van der Waals surface area contributed by atoms with Crippen LogP contribution in [0.1, 0.15) is 18.4 Å². The molecule has 3 aromatic carbocycles. The Balaban J connectivity index is 1.35. The van der Waals surface area contributed by atoms with Gasteiger partial charge in [0.15, 0.2) is 0 Å². The number of amides is 1. The second-order valence-electron chi connectivity index (χ2n) is 7.96. The number of carbonyl (C=O) groups is 1. The van der Waals surface area contributed by atoms with Crippen molar-refractivity contribution in [2.24, 2.45) is 5.92 Å². The third kappa shape index (κ3) is 6.38. The van der Waals surface area contributed by atoms with Gasteiger partial charge in [-0.1, -0.05) is 65.8 Å². The lowest BCUT2D eigenvalue weighted by Crippen LogP contribution is -2.41. The predicted octanol–water partition coefficient (Wildman–Crippen LogP) is 5.67. The van der Waals surface area contributed by atoms with E-state index < -0.39 is 10.0 Å². The largest absolute Gasteiger partial charge is 0.325 e. The van der Waals surface area contributed by atoms with E-state index in [9.17, 15) is 13.2 Å². The molecule has 3 aromatic rings. The number of hydrogen-bond acceptors (Lipinski definition) is 4. The average Bonchev–Trinajstić information content (AvgIpc) is 2.81. The van der Waals surface area contributed by atoms with Crippen LogP contribution < -0.4 is 5.32 Å². The van der Waals surface area contributed by atoms with E-state index >= 15 is 0 Å². The molecule has 5 nitrogen and oxygen atoms in total. The molecule has 0 aromatic heterocycles. The molecule has 1 aliphatic heterocycles. The normalized spacial score (nSPS) is 15.3. The first-order chi connectivity index (χ1) is 15.9. The fourth-order valence-electron chi connectivity index (χ4n) is 3.83. The maximum absolute atomic E-state index is 13.0. The summed E-state index contributed by atoms with van der Waals surface area (Å²) in [5.41, 5.74) is 1.43. The zero-order valence-corrected chi connectivity index (χ0v) is 20.4. The Morgan fingerprint density at radius 3 is 2.39 bits per heavy atom. The van der Waals surface area contributed by atoms with Gasteiger partial charge in [-0.2, -0.15) is 0 Å². The van der Waals surface area contributed by atoms with Crippen LogP contribution in [-0.4, -0.2) is 31.7 Å². The van der Waals surface area contributed by atoms with Gasteiger partial charge in [-0.05, 0) is 54.8 Å². The molecular formula is C25H25ClN2O3S2. The highest BCUT2D eigenvalue weighted by Crippen LogP contribution is 2.34. The van der Waals surface area contributed by atoms with Gasteiger partial charge < -0.3 is 5.32 Å². The van der Waals surface area contributed by atoms with E-state index in [1.165, 1.54) is 4.31 Å². The van der Waals surface area contributed by atoms with Gasteiger partial charge in [-0.15, -0.1) is 0 Å². The molecule has 1 fully saturated rings. The lowest BCUT2D eigenvalue weighted by molar-refractivity contribution is -0.120. The summed E-state index contributed by atoms with van der Waals surface area (Å²) in [4.78, 5) is 15.0. The summed E-state index contributed by atoms with van der Waals surface area (Å²) in [6, 6.07) is 24.6. The van der Waals surface area contributed by atoms with Gasteiger partial charge in [0.1, 0.15) is 0 Å². The minimum atomic E-state index is -3.46. The molecule has 1 heterocycles. The van der Waals surface area contributed by atoms with Gasteiger partial charge in [0.2, 0.25) is 15.9 Å². The molecule has 0 radical (unpaired) electrons. The summed E-state index contributed by atoms with van der Waals surface area (Å²) < 4.78 is 27.1. The zero-order valence-electron chi connectivity index (χ0n) is 18.0. The SMILES string of the molecule is O=C(Nc1ccccc1Sc1ccccc1)C1CCN(S(=O)(=O)Cc2cccc(Cl)c2)CC1. The van der Waals surface area contributed by atoms with Gasteiger partial charge in [0.05, 0.1) is 11.4 Å². The standard InChI is InChI=1S/C25H25ClN2O3S2/c26-21-8-6-7-19(17-21)18-33(30,31)28-15-13-20(14-16-28)25(29)27-23-11-4-5-12-24(23)32-22-9-2-1-3-10-22/h1-12,17,20H,13-16,18H2,(H,27,29). The van der Waals surface area contributed by atoms with Crippen molar-refractivity contribution in [1.82, 2.24) is 4.31 Å². The van der Waals surface area contributed by atoms with Gasteiger partial charge >= 0.3 is 0 Å². The van der Waals surface area contributed by atoms with E-state index in [4.69, 9.17) is 11.6 Å². The third-order valence-corrected chi connectivity index (χ3v) is 8.74. The quantitative estimate of drug-likeness (QED) is 0.453. The smallest absolute Gasteiger partial charge is 0.227 e. The van der Waals surface area contributed by atoms with E-state index in [0.29, 0.717) is 36.5 Å². The fraction of sp³-hybridized carbons (Fsp3) is 0.240. The molecule has 0 saturated carbocycles. The summed E-state index contributed by atoms with van der Waals surface area (Å²) in [7, 11) is -3.46. The van der Waals surface area contributed by atoms with Crippen molar-refractivity contribution in [3.05, 3.63) is 89.4 Å². The number of para-hydroxylation sites is 1. The fourth-order valence-corrected chi connectivity index (χ4v) is 6.52. The summed E-state index contributed by atoms with van der Waals surface area (Å²) >= 11 is 7.58. The Hall–Kier alpha value is -2.32. The molecular weight excluding hydrogens is 476 g/mol. The number of nitrogens with one attached hydrogen (secondary N) is 1. The van der Waals surface area contributed by atoms with Crippen molar-refractivity contribution >= 4 is 45.0 Å². The number of benzene rings is 3. The molecule has 0 spiro atoms. The van der Waals surface area contributed by atoms with Crippen molar-refractivity contribution in [3.63, 3.8) is 0 Å². The first-order valence-corrected chi connectivity index (χ1v) is 13.6. The van der Waals surface area contributed by atoms with E-state index in [1.807, 2.05) is 54.6 Å². The van der Waals surface area contributed by atoms with Gasteiger partial charge in [-0.3, -0.25) is 4.79 Å². The van der Waals surface area contributed by atoms with E-state index in [1.54, 1.807) is 36.0 Å². The third-order valence-electron chi connectivity index (χ3n) is 5.57. The minimum Gasteiger partial charge on any atom is -0.325 e. The molecule has 0 unspecified atom stereocenters. The van der Waals surface area contributed by atoms with Crippen molar-refractivity contribution < 1.29 is 13.2 Å². The topological polar surface area (TPSA) is 66.5 Å². The number of anilines is 1. The van der Waals surface area contributed by atoms with Gasteiger partial charge in [-0.25, -0.2) is 12.7 Å². The number of nitrogens with zero attached hydrogens (tertiary/aromatic N) is 1. The Morgan fingerprint density at radius 2 is 1.67 bits per heavy atom. The molecule has 1 saturated heterocycles. The highest BCUT2D eigenvalue weighted by atomic mass is 35.5. The van der Waals surface area contributed by atoms with Gasteiger partial charge in [0, 0.05) is 33.8 Å². The van der Waals surface area contributed by atoms with E-state index in [-0.39, 0.29) is 17.6 Å². The Labute approximate surface area is 204 Å².